The van der Waals surface area contributed by atoms with Crippen LogP contribution in [0.5, 0.6) is 0 Å². The van der Waals surface area contributed by atoms with Gasteiger partial charge in [-0.25, -0.2) is 0 Å². The molecule has 2 N–H and O–H groups in total. The number of rotatable bonds is 12. The van der Waals surface area contributed by atoms with E-state index in [4.69, 9.17) is 0 Å². The van der Waals surface area contributed by atoms with E-state index in [2.05, 4.69) is 41.0 Å². The van der Waals surface area contributed by atoms with Gasteiger partial charge in [-0.1, -0.05) is 49.2 Å². The molecule has 0 amide bonds. The van der Waals surface area contributed by atoms with Crippen LogP contribution in [0.3, 0.4) is 0 Å². The quantitative estimate of drug-likeness (QED) is 0.452. The van der Waals surface area contributed by atoms with E-state index in [1.54, 1.807) is 0 Å². The minimum Gasteiger partial charge on any atom is -0.317 e. The molecule has 108 valence electrons. The van der Waals surface area contributed by atoms with E-state index < -0.39 is 0 Å². The smallest absolute Gasteiger partial charge is 0.0205 e. The van der Waals surface area contributed by atoms with Crippen LogP contribution in [-0.2, 0) is 6.54 Å². The highest BCUT2D eigenvalue weighted by molar-refractivity contribution is 6.08. The van der Waals surface area contributed by atoms with E-state index in [0.717, 1.165) is 13.1 Å². The minimum absolute atomic E-state index is 1.00. The van der Waals surface area contributed by atoms with Crippen molar-refractivity contribution in [1.82, 2.24) is 10.6 Å². The van der Waals surface area contributed by atoms with Gasteiger partial charge in [0.1, 0.15) is 0 Å². The highest BCUT2D eigenvalue weighted by Gasteiger charge is 1.92. The van der Waals surface area contributed by atoms with Crippen LogP contribution in [0.1, 0.15) is 37.7 Å². The topological polar surface area (TPSA) is 24.1 Å². The fourth-order valence-corrected chi connectivity index (χ4v) is 2.46. The Kier molecular flexibility index (Phi) is 10.7. The minimum atomic E-state index is 1.00. The van der Waals surface area contributed by atoms with Crippen LogP contribution < -0.4 is 10.6 Å². The van der Waals surface area contributed by atoms with Gasteiger partial charge in [0, 0.05) is 16.8 Å². The average Bonchev–Trinajstić information content (AvgIpc) is 2.46. The van der Waals surface area contributed by atoms with E-state index in [9.17, 15) is 0 Å². The van der Waals surface area contributed by atoms with E-state index >= 15 is 0 Å². The summed E-state index contributed by atoms with van der Waals surface area (Å²) >= 11 is 0. The monoisotopic (exact) mass is 278 g/mol. The number of hydrogen-bond donors (Lipinski definition) is 2. The summed E-state index contributed by atoms with van der Waals surface area (Å²) < 4.78 is 0. The summed E-state index contributed by atoms with van der Waals surface area (Å²) in [5.41, 5.74) is 1.38. The Hall–Kier alpha value is -0.643. The molecule has 0 aliphatic rings. The van der Waals surface area contributed by atoms with E-state index in [0.29, 0.717) is 0 Å². The molecule has 0 unspecified atom stereocenters. The van der Waals surface area contributed by atoms with Gasteiger partial charge in [0.25, 0.3) is 0 Å². The summed E-state index contributed by atoms with van der Waals surface area (Å²) in [5.74, 6) is 0. The molecule has 0 aliphatic heterocycles. The maximum absolute atomic E-state index is 3.52. The molecular weight excluding hydrogens is 248 g/mol. The predicted octanol–water partition coefficient (Wildman–Crippen LogP) is 2.10. The zero-order valence-corrected chi connectivity index (χ0v) is 14.5. The number of hydrogen-bond acceptors (Lipinski definition) is 2. The van der Waals surface area contributed by atoms with Crippen LogP contribution in [0.15, 0.2) is 30.3 Å². The molecule has 19 heavy (non-hydrogen) atoms. The normalized spacial score (nSPS) is 10.9. The third-order valence-corrected chi connectivity index (χ3v) is 4.04. The van der Waals surface area contributed by atoms with Crippen molar-refractivity contribution in [3.8, 4) is 0 Å². The third kappa shape index (κ3) is 9.88. The second kappa shape index (κ2) is 12.4. The molecule has 0 aliphatic carbocycles. The molecule has 0 atom stereocenters. The Morgan fingerprint density at radius 1 is 0.737 bits per heavy atom. The van der Waals surface area contributed by atoms with Crippen molar-refractivity contribution in [2.24, 2.45) is 0 Å². The van der Waals surface area contributed by atoms with Crippen molar-refractivity contribution in [3.05, 3.63) is 35.9 Å². The molecule has 1 rings (SSSR count). The largest absolute Gasteiger partial charge is 0.317 e. The highest BCUT2D eigenvalue weighted by Crippen LogP contribution is 2.00. The van der Waals surface area contributed by atoms with Gasteiger partial charge in [0.15, 0.2) is 0 Å². The first-order chi connectivity index (χ1) is 9.43. The molecule has 0 saturated heterocycles. The summed E-state index contributed by atoms with van der Waals surface area (Å²) in [7, 11) is 1.35. The lowest BCUT2D eigenvalue weighted by Gasteiger charge is -2.05. The zero-order valence-electron chi connectivity index (χ0n) is 12.5. The first-order valence-corrected chi connectivity index (χ1v) is 9.30. The molecule has 0 aromatic heterocycles. The second-order valence-electron chi connectivity index (χ2n) is 5.18. The van der Waals surface area contributed by atoms with Crippen LogP contribution in [0.2, 0.25) is 6.04 Å². The Morgan fingerprint density at radius 2 is 1.37 bits per heavy atom. The van der Waals surface area contributed by atoms with Crippen molar-refractivity contribution >= 4 is 10.2 Å². The van der Waals surface area contributed by atoms with Gasteiger partial charge < -0.3 is 10.6 Å². The molecule has 0 heterocycles. The van der Waals surface area contributed by atoms with Crippen molar-refractivity contribution < 1.29 is 0 Å². The molecule has 2 nitrogen and oxygen atoms in total. The summed E-state index contributed by atoms with van der Waals surface area (Å²) in [5, 5.41) is 7.03. The van der Waals surface area contributed by atoms with Crippen LogP contribution in [-0.4, -0.2) is 29.9 Å². The molecule has 0 bridgehead atoms. The summed E-state index contributed by atoms with van der Waals surface area (Å²) in [6.45, 7) is 4.58. The third-order valence-electron chi connectivity index (χ3n) is 3.34. The molecule has 0 spiro atoms. The summed E-state index contributed by atoms with van der Waals surface area (Å²) in [6.07, 6.45) is 6.72. The number of unbranched alkanes of at least 4 members (excludes halogenated alkanes) is 3. The van der Waals surface area contributed by atoms with Crippen LogP contribution in [0.25, 0.3) is 0 Å². The maximum Gasteiger partial charge on any atom is 0.0205 e. The Labute approximate surface area is 121 Å². The number of nitrogens with one attached hydrogen (secondary N) is 2. The van der Waals surface area contributed by atoms with Crippen LogP contribution in [0.4, 0.5) is 0 Å². The van der Waals surface area contributed by atoms with Crippen molar-refractivity contribution in [2.75, 3.05) is 19.6 Å². The molecule has 1 aromatic rings. The fourth-order valence-electron chi connectivity index (χ4n) is 2.11. The van der Waals surface area contributed by atoms with Gasteiger partial charge in [-0.3, -0.25) is 0 Å². The molecule has 0 radical (unpaired) electrons. The van der Waals surface area contributed by atoms with Crippen LogP contribution >= 0.6 is 0 Å². The van der Waals surface area contributed by atoms with E-state index in [-0.39, 0.29) is 0 Å². The molecular formula is C16H30N2Si. The molecule has 3 heteroatoms. The molecule has 1 aromatic carbocycles. The maximum atomic E-state index is 3.52. The SMILES string of the molecule is [SiH3]CCCNCCCCCCNCc1ccccc1. The summed E-state index contributed by atoms with van der Waals surface area (Å²) in [4.78, 5) is 0. The van der Waals surface area contributed by atoms with Gasteiger partial charge >= 0.3 is 0 Å². The average molecular weight is 279 g/mol. The lowest BCUT2D eigenvalue weighted by molar-refractivity contribution is 0.562. The molecule has 0 fully saturated rings. The first kappa shape index (κ1) is 16.4. The van der Waals surface area contributed by atoms with Gasteiger partial charge in [0.2, 0.25) is 0 Å². The lowest BCUT2D eigenvalue weighted by Crippen LogP contribution is -2.17. The zero-order chi connectivity index (χ0) is 13.6. The van der Waals surface area contributed by atoms with Crippen molar-refractivity contribution in [1.29, 1.82) is 0 Å². The Morgan fingerprint density at radius 3 is 2.05 bits per heavy atom. The van der Waals surface area contributed by atoms with Gasteiger partial charge in [-0.15, -0.1) is 0 Å². The van der Waals surface area contributed by atoms with Gasteiger partial charge in [0.05, 0.1) is 0 Å². The Bertz CT molecular complexity index is 290. The summed E-state index contributed by atoms with van der Waals surface area (Å²) in [6, 6.07) is 12.1. The lowest BCUT2D eigenvalue weighted by atomic mass is 10.2. The Balaban J connectivity index is 1.79. The van der Waals surface area contributed by atoms with Gasteiger partial charge in [-0.05, 0) is 44.5 Å². The van der Waals surface area contributed by atoms with E-state index in [1.165, 1.54) is 67.0 Å². The first-order valence-electron chi connectivity index (χ1n) is 7.89. The van der Waals surface area contributed by atoms with Crippen LogP contribution in [0, 0.1) is 0 Å². The van der Waals surface area contributed by atoms with Crippen molar-refractivity contribution in [2.45, 2.75) is 44.7 Å². The molecule has 0 saturated carbocycles. The van der Waals surface area contributed by atoms with E-state index in [1.807, 2.05) is 0 Å². The predicted molar refractivity (Wildman–Crippen MR) is 88.8 cm³/mol. The van der Waals surface area contributed by atoms with Gasteiger partial charge in [-0.2, -0.15) is 0 Å². The fraction of sp³-hybridized carbons (Fsp3) is 0.625. The standard InChI is InChI=1S/C16H30N2Si/c19-14-8-13-17-11-6-1-2-7-12-18-15-16-9-4-3-5-10-16/h3-5,9-10,17-18H,1-2,6-8,11-15H2,19H3. The highest BCUT2D eigenvalue weighted by atomic mass is 28.1. The number of benzene rings is 1. The second-order valence-corrected chi connectivity index (χ2v) is 6.18. The van der Waals surface area contributed by atoms with Crippen molar-refractivity contribution in [3.63, 3.8) is 0 Å².